The number of benzene rings is 1. The second-order valence-corrected chi connectivity index (χ2v) is 5.80. The number of carbonyl (C=O) groups is 2. The highest BCUT2D eigenvalue weighted by molar-refractivity contribution is 5.93. The fourth-order valence-corrected chi connectivity index (χ4v) is 2.83. The van der Waals surface area contributed by atoms with Crippen LogP contribution in [0.3, 0.4) is 0 Å². The molecule has 1 saturated carbocycles. The third kappa shape index (κ3) is 4.29. The Morgan fingerprint density at radius 3 is 2.52 bits per heavy atom. The molecule has 1 aliphatic rings. The Kier molecular flexibility index (Phi) is 4.96. The Hall–Kier alpha value is -1.88. The SMILES string of the molecule is CNC(=O)Cc1ccccc1NC(=O)CC1(N)CCCC1. The highest BCUT2D eigenvalue weighted by Gasteiger charge is 2.31. The van der Waals surface area contributed by atoms with Crippen molar-refractivity contribution in [2.24, 2.45) is 5.73 Å². The molecule has 4 N–H and O–H groups in total. The molecule has 5 heteroatoms. The number of carbonyl (C=O) groups excluding carboxylic acids is 2. The number of likely N-dealkylation sites (N-methyl/N-ethyl adjacent to an activating group) is 1. The molecule has 0 heterocycles. The minimum atomic E-state index is -0.361. The average molecular weight is 289 g/mol. The van der Waals surface area contributed by atoms with Crippen LogP contribution in [0, 0.1) is 0 Å². The molecule has 0 bridgehead atoms. The van der Waals surface area contributed by atoms with Crippen molar-refractivity contribution >= 4 is 17.5 Å². The van der Waals surface area contributed by atoms with Gasteiger partial charge in [0.2, 0.25) is 11.8 Å². The van der Waals surface area contributed by atoms with Gasteiger partial charge in [-0.05, 0) is 24.5 Å². The van der Waals surface area contributed by atoms with Gasteiger partial charge in [0.25, 0.3) is 0 Å². The first kappa shape index (κ1) is 15.5. The topological polar surface area (TPSA) is 84.2 Å². The summed E-state index contributed by atoms with van der Waals surface area (Å²) in [4.78, 5) is 23.7. The smallest absolute Gasteiger partial charge is 0.226 e. The highest BCUT2D eigenvalue weighted by atomic mass is 16.2. The first-order valence-corrected chi connectivity index (χ1v) is 7.40. The van der Waals surface area contributed by atoms with E-state index in [9.17, 15) is 9.59 Å². The monoisotopic (exact) mass is 289 g/mol. The maximum Gasteiger partial charge on any atom is 0.226 e. The molecule has 2 amide bonds. The Morgan fingerprint density at radius 1 is 1.19 bits per heavy atom. The normalized spacial score (nSPS) is 16.5. The van der Waals surface area contributed by atoms with Crippen molar-refractivity contribution in [2.45, 2.75) is 44.1 Å². The van der Waals surface area contributed by atoms with Crippen LogP contribution in [-0.4, -0.2) is 24.4 Å². The summed E-state index contributed by atoms with van der Waals surface area (Å²) in [7, 11) is 1.60. The quantitative estimate of drug-likeness (QED) is 0.769. The summed E-state index contributed by atoms with van der Waals surface area (Å²) < 4.78 is 0. The molecular formula is C16H23N3O2. The fraction of sp³-hybridized carbons (Fsp3) is 0.500. The Morgan fingerprint density at radius 2 is 1.86 bits per heavy atom. The van der Waals surface area contributed by atoms with Crippen molar-refractivity contribution in [3.05, 3.63) is 29.8 Å². The second kappa shape index (κ2) is 6.72. The molecule has 0 radical (unpaired) electrons. The Labute approximate surface area is 125 Å². The third-order valence-electron chi connectivity index (χ3n) is 4.03. The fourth-order valence-electron chi connectivity index (χ4n) is 2.83. The van der Waals surface area contributed by atoms with Gasteiger partial charge in [0.15, 0.2) is 0 Å². The number of hydrogen-bond acceptors (Lipinski definition) is 3. The van der Waals surface area contributed by atoms with Crippen LogP contribution < -0.4 is 16.4 Å². The molecule has 0 unspecified atom stereocenters. The minimum Gasteiger partial charge on any atom is -0.359 e. The average Bonchev–Trinajstić information content (AvgIpc) is 2.87. The van der Waals surface area contributed by atoms with E-state index in [4.69, 9.17) is 5.73 Å². The van der Waals surface area contributed by atoms with Crippen LogP contribution in [0.4, 0.5) is 5.69 Å². The van der Waals surface area contributed by atoms with Gasteiger partial charge in [-0.25, -0.2) is 0 Å². The van der Waals surface area contributed by atoms with Gasteiger partial charge < -0.3 is 16.4 Å². The molecule has 0 aromatic heterocycles. The van der Waals surface area contributed by atoms with Gasteiger partial charge in [-0.2, -0.15) is 0 Å². The molecule has 0 spiro atoms. The molecular weight excluding hydrogens is 266 g/mol. The summed E-state index contributed by atoms with van der Waals surface area (Å²) in [5.74, 6) is -0.161. The van der Waals surface area contributed by atoms with Gasteiger partial charge in [-0.1, -0.05) is 31.0 Å². The van der Waals surface area contributed by atoms with Gasteiger partial charge in [0.05, 0.1) is 6.42 Å². The molecule has 1 fully saturated rings. The van der Waals surface area contributed by atoms with Gasteiger partial charge in [-0.3, -0.25) is 9.59 Å². The van der Waals surface area contributed by atoms with Gasteiger partial charge in [0.1, 0.15) is 0 Å². The number of rotatable bonds is 5. The number of para-hydroxylation sites is 1. The lowest BCUT2D eigenvalue weighted by atomic mass is 9.94. The molecule has 1 aliphatic carbocycles. The van der Waals surface area contributed by atoms with E-state index in [1.165, 1.54) is 0 Å². The zero-order valence-corrected chi connectivity index (χ0v) is 12.4. The lowest BCUT2D eigenvalue weighted by Gasteiger charge is -2.23. The van der Waals surface area contributed by atoms with E-state index in [1.54, 1.807) is 7.05 Å². The van der Waals surface area contributed by atoms with Crippen molar-refractivity contribution in [1.29, 1.82) is 0 Å². The van der Waals surface area contributed by atoms with Crippen molar-refractivity contribution < 1.29 is 9.59 Å². The molecule has 0 saturated heterocycles. The van der Waals surface area contributed by atoms with Crippen molar-refractivity contribution in [3.8, 4) is 0 Å². The number of hydrogen-bond donors (Lipinski definition) is 3. The summed E-state index contributed by atoms with van der Waals surface area (Å²) in [5, 5.41) is 5.48. The summed E-state index contributed by atoms with van der Waals surface area (Å²) in [6.45, 7) is 0. The summed E-state index contributed by atoms with van der Waals surface area (Å²) in [6.07, 6.45) is 4.58. The zero-order valence-electron chi connectivity index (χ0n) is 12.4. The van der Waals surface area contributed by atoms with Crippen LogP contribution in [0.25, 0.3) is 0 Å². The van der Waals surface area contributed by atoms with E-state index in [2.05, 4.69) is 10.6 Å². The lowest BCUT2D eigenvalue weighted by Crippen LogP contribution is -2.40. The van der Waals surface area contributed by atoms with Crippen molar-refractivity contribution in [3.63, 3.8) is 0 Å². The van der Waals surface area contributed by atoms with Crippen LogP contribution in [0.5, 0.6) is 0 Å². The Balaban J connectivity index is 2.01. The first-order valence-electron chi connectivity index (χ1n) is 7.40. The molecule has 0 atom stereocenters. The van der Waals surface area contributed by atoms with Crippen molar-refractivity contribution in [1.82, 2.24) is 5.32 Å². The first-order chi connectivity index (χ1) is 10.0. The molecule has 0 aliphatic heterocycles. The highest BCUT2D eigenvalue weighted by Crippen LogP contribution is 2.30. The lowest BCUT2D eigenvalue weighted by molar-refractivity contribution is -0.120. The maximum atomic E-state index is 12.2. The summed E-state index contributed by atoms with van der Waals surface area (Å²) in [5.41, 5.74) is 7.36. The largest absolute Gasteiger partial charge is 0.359 e. The number of nitrogens with two attached hydrogens (primary N) is 1. The molecule has 1 aromatic rings. The predicted molar refractivity (Wildman–Crippen MR) is 82.8 cm³/mol. The molecule has 114 valence electrons. The summed E-state index contributed by atoms with van der Waals surface area (Å²) in [6, 6.07) is 7.36. The van der Waals surface area contributed by atoms with E-state index in [0.717, 1.165) is 31.2 Å². The van der Waals surface area contributed by atoms with E-state index in [1.807, 2.05) is 24.3 Å². The molecule has 5 nitrogen and oxygen atoms in total. The van der Waals surface area contributed by atoms with Crippen LogP contribution in [0.15, 0.2) is 24.3 Å². The van der Waals surface area contributed by atoms with Gasteiger partial charge in [-0.15, -0.1) is 0 Å². The zero-order chi connectivity index (χ0) is 15.3. The number of amides is 2. The van der Waals surface area contributed by atoms with Crippen molar-refractivity contribution in [2.75, 3.05) is 12.4 Å². The van der Waals surface area contributed by atoms with Crippen LogP contribution >= 0.6 is 0 Å². The molecule has 1 aromatic carbocycles. The van der Waals surface area contributed by atoms with E-state index < -0.39 is 0 Å². The van der Waals surface area contributed by atoms with Crippen LogP contribution in [0.2, 0.25) is 0 Å². The van der Waals surface area contributed by atoms with Crippen LogP contribution in [-0.2, 0) is 16.0 Å². The van der Waals surface area contributed by atoms with Gasteiger partial charge >= 0.3 is 0 Å². The number of nitrogens with one attached hydrogen (secondary N) is 2. The van der Waals surface area contributed by atoms with E-state index >= 15 is 0 Å². The molecule has 21 heavy (non-hydrogen) atoms. The second-order valence-electron chi connectivity index (χ2n) is 5.80. The summed E-state index contributed by atoms with van der Waals surface area (Å²) >= 11 is 0. The minimum absolute atomic E-state index is 0.0799. The third-order valence-corrected chi connectivity index (χ3v) is 4.03. The standard InChI is InChI=1S/C16H23N3O2/c1-18-14(20)10-12-6-2-3-7-13(12)19-15(21)11-16(17)8-4-5-9-16/h2-3,6-7H,4-5,8-11,17H2,1H3,(H,18,20)(H,19,21). The predicted octanol–water partition coefficient (Wildman–Crippen LogP) is 1.58. The number of anilines is 1. The Bertz CT molecular complexity index is 522. The maximum absolute atomic E-state index is 12.2. The van der Waals surface area contributed by atoms with Gasteiger partial charge in [0, 0.05) is 24.7 Å². The molecule has 2 rings (SSSR count). The van der Waals surface area contributed by atoms with Crippen LogP contribution in [0.1, 0.15) is 37.7 Å². The van der Waals surface area contributed by atoms with E-state index in [-0.39, 0.29) is 23.8 Å². The van der Waals surface area contributed by atoms with E-state index in [0.29, 0.717) is 12.1 Å².